The Morgan fingerprint density at radius 2 is 2.14 bits per heavy atom. The van der Waals surface area contributed by atoms with Crippen LogP contribution in [0.1, 0.15) is 13.8 Å². The SMILES string of the molecule is C#CC.C=C/C(=C\C=NC)NC(C)=O. The van der Waals surface area contributed by atoms with Gasteiger partial charge in [-0.3, -0.25) is 9.79 Å². The number of nitrogens with one attached hydrogen (secondary N) is 1. The maximum atomic E-state index is 10.5. The molecule has 0 aliphatic rings. The summed E-state index contributed by atoms with van der Waals surface area (Å²) in [5, 5.41) is 2.58. The van der Waals surface area contributed by atoms with Gasteiger partial charge in [-0.15, -0.1) is 12.3 Å². The fourth-order valence-electron chi connectivity index (χ4n) is 0.519. The second-order valence-corrected chi connectivity index (χ2v) is 2.20. The Kier molecular flexibility index (Phi) is 11.7. The maximum Gasteiger partial charge on any atom is 0.221 e. The van der Waals surface area contributed by atoms with Crippen LogP contribution < -0.4 is 5.32 Å². The molecule has 0 saturated carbocycles. The number of terminal acetylenes is 1. The highest BCUT2D eigenvalue weighted by Crippen LogP contribution is 1.87. The van der Waals surface area contributed by atoms with Gasteiger partial charge in [0.1, 0.15) is 0 Å². The van der Waals surface area contributed by atoms with Crippen LogP contribution in [0.2, 0.25) is 0 Å². The minimum absolute atomic E-state index is 0.111. The summed E-state index contributed by atoms with van der Waals surface area (Å²) in [4.78, 5) is 14.3. The zero-order chi connectivity index (χ0) is 11.4. The molecule has 0 atom stereocenters. The summed E-state index contributed by atoms with van der Waals surface area (Å²) in [5.74, 6) is 2.14. The predicted octanol–water partition coefficient (Wildman–Crippen LogP) is 1.53. The molecule has 0 heterocycles. The zero-order valence-electron chi connectivity index (χ0n) is 8.87. The molecule has 1 N–H and O–H groups in total. The molecule has 0 aliphatic carbocycles. The molecule has 0 aliphatic heterocycles. The third-order valence-corrected chi connectivity index (χ3v) is 0.943. The molecular weight excluding hydrogens is 176 g/mol. The fourth-order valence-corrected chi connectivity index (χ4v) is 0.519. The topological polar surface area (TPSA) is 41.5 Å². The van der Waals surface area contributed by atoms with Gasteiger partial charge < -0.3 is 5.32 Å². The van der Waals surface area contributed by atoms with Gasteiger partial charge in [0, 0.05) is 25.9 Å². The molecule has 76 valence electrons. The first kappa shape index (κ1) is 14.7. The first-order valence-corrected chi connectivity index (χ1v) is 4.02. The lowest BCUT2D eigenvalue weighted by Crippen LogP contribution is -2.17. The standard InChI is InChI=1S/C8H12N2O.C3H4/c1-4-8(5-6-9-3)10-7(2)11;1-3-2/h4-6H,1H2,2-3H3,(H,10,11);1H,2H3/b8-5+,9-6?;. The van der Waals surface area contributed by atoms with E-state index in [0.29, 0.717) is 5.70 Å². The van der Waals surface area contributed by atoms with Crippen LogP contribution in [0.5, 0.6) is 0 Å². The van der Waals surface area contributed by atoms with E-state index in [9.17, 15) is 4.79 Å². The van der Waals surface area contributed by atoms with Crippen LogP contribution in [0.25, 0.3) is 0 Å². The van der Waals surface area contributed by atoms with Gasteiger partial charge in [-0.05, 0) is 19.1 Å². The Bertz CT molecular complexity index is 270. The third-order valence-electron chi connectivity index (χ3n) is 0.943. The van der Waals surface area contributed by atoms with Crippen LogP contribution in [0, 0.1) is 12.3 Å². The molecular formula is C11H16N2O. The second kappa shape index (κ2) is 11.2. The van der Waals surface area contributed by atoms with Gasteiger partial charge in [0.15, 0.2) is 0 Å². The van der Waals surface area contributed by atoms with Crippen LogP contribution in [0.15, 0.2) is 29.4 Å². The summed E-state index contributed by atoms with van der Waals surface area (Å²) in [5.41, 5.74) is 0.656. The van der Waals surface area contributed by atoms with E-state index in [4.69, 9.17) is 0 Å². The minimum atomic E-state index is -0.111. The van der Waals surface area contributed by atoms with Crippen LogP contribution in [-0.4, -0.2) is 19.2 Å². The zero-order valence-corrected chi connectivity index (χ0v) is 8.87. The van der Waals surface area contributed by atoms with Crippen LogP contribution >= 0.6 is 0 Å². The Hall–Kier alpha value is -1.82. The number of allylic oxidation sites excluding steroid dienone is 2. The molecule has 0 unspecified atom stereocenters. The molecule has 0 spiro atoms. The van der Waals surface area contributed by atoms with Crippen molar-refractivity contribution in [3.05, 3.63) is 24.4 Å². The van der Waals surface area contributed by atoms with Gasteiger partial charge in [-0.1, -0.05) is 6.58 Å². The Morgan fingerprint density at radius 1 is 1.64 bits per heavy atom. The third kappa shape index (κ3) is 12.8. The van der Waals surface area contributed by atoms with E-state index in [0.717, 1.165) is 0 Å². The van der Waals surface area contributed by atoms with Crippen molar-refractivity contribution >= 4 is 12.1 Å². The van der Waals surface area contributed by atoms with Gasteiger partial charge in [0.2, 0.25) is 5.91 Å². The van der Waals surface area contributed by atoms with E-state index >= 15 is 0 Å². The van der Waals surface area contributed by atoms with Crippen molar-refractivity contribution in [2.75, 3.05) is 7.05 Å². The first-order valence-electron chi connectivity index (χ1n) is 4.02. The highest BCUT2D eigenvalue weighted by atomic mass is 16.1. The quantitative estimate of drug-likeness (QED) is 0.411. The minimum Gasteiger partial charge on any atom is -0.326 e. The summed E-state index contributed by atoms with van der Waals surface area (Å²) in [7, 11) is 1.66. The van der Waals surface area contributed by atoms with E-state index < -0.39 is 0 Å². The average molecular weight is 192 g/mol. The summed E-state index contributed by atoms with van der Waals surface area (Å²) >= 11 is 0. The molecule has 3 heteroatoms. The highest BCUT2D eigenvalue weighted by Gasteiger charge is 1.90. The molecule has 0 aromatic heterocycles. The van der Waals surface area contributed by atoms with Crippen molar-refractivity contribution in [3.63, 3.8) is 0 Å². The van der Waals surface area contributed by atoms with E-state index in [1.54, 1.807) is 32.3 Å². The molecule has 3 nitrogen and oxygen atoms in total. The molecule has 0 rings (SSSR count). The van der Waals surface area contributed by atoms with Gasteiger partial charge in [-0.2, -0.15) is 0 Å². The maximum absolute atomic E-state index is 10.5. The van der Waals surface area contributed by atoms with Crippen molar-refractivity contribution < 1.29 is 4.79 Å². The molecule has 1 amide bonds. The normalized spacial score (nSPS) is 9.71. The van der Waals surface area contributed by atoms with Crippen molar-refractivity contribution in [3.8, 4) is 12.3 Å². The van der Waals surface area contributed by atoms with Crippen LogP contribution in [0.3, 0.4) is 0 Å². The summed E-state index contributed by atoms with van der Waals surface area (Å²) in [6.45, 7) is 6.62. The number of aliphatic imine (C=N–C) groups is 1. The molecule has 0 radical (unpaired) electrons. The Morgan fingerprint density at radius 3 is 2.43 bits per heavy atom. The van der Waals surface area contributed by atoms with Crippen molar-refractivity contribution in [1.29, 1.82) is 0 Å². The Labute approximate surface area is 85.6 Å². The van der Waals surface area contributed by atoms with E-state index in [1.807, 2.05) is 0 Å². The lowest BCUT2D eigenvalue weighted by Gasteiger charge is -1.98. The van der Waals surface area contributed by atoms with Gasteiger partial charge in [-0.25, -0.2) is 0 Å². The average Bonchev–Trinajstić information content (AvgIpc) is 2.13. The number of rotatable bonds is 3. The molecule has 0 saturated heterocycles. The summed E-state index contributed by atoms with van der Waals surface area (Å²) < 4.78 is 0. The Balaban J connectivity index is 0. The van der Waals surface area contributed by atoms with Crippen molar-refractivity contribution in [1.82, 2.24) is 5.32 Å². The second-order valence-electron chi connectivity index (χ2n) is 2.20. The summed E-state index contributed by atoms with van der Waals surface area (Å²) in [6, 6.07) is 0. The monoisotopic (exact) mass is 192 g/mol. The number of carbonyl (C=O) groups is 1. The van der Waals surface area contributed by atoms with E-state index in [2.05, 4.69) is 29.2 Å². The van der Waals surface area contributed by atoms with Crippen LogP contribution in [-0.2, 0) is 4.79 Å². The number of carbonyl (C=O) groups excluding carboxylic acids is 1. The van der Waals surface area contributed by atoms with Crippen molar-refractivity contribution in [2.24, 2.45) is 4.99 Å². The number of hydrogen-bond donors (Lipinski definition) is 1. The smallest absolute Gasteiger partial charge is 0.221 e. The molecule has 0 bridgehead atoms. The van der Waals surface area contributed by atoms with Crippen molar-refractivity contribution in [2.45, 2.75) is 13.8 Å². The number of nitrogens with zero attached hydrogens (tertiary/aromatic N) is 1. The fraction of sp³-hybridized carbons (Fsp3) is 0.273. The van der Waals surface area contributed by atoms with Gasteiger partial charge >= 0.3 is 0 Å². The molecule has 0 aromatic rings. The van der Waals surface area contributed by atoms with E-state index in [1.165, 1.54) is 6.92 Å². The van der Waals surface area contributed by atoms with E-state index in [-0.39, 0.29) is 5.91 Å². The number of amides is 1. The number of hydrogen-bond acceptors (Lipinski definition) is 2. The van der Waals surface area contributed by atoms with Gasteiger partial charge in [0.25, 0.3) is 0 Å². The van der Waals surface area contributed by atoms with Crippen LogP contribution in [0.4, 0.5) is 0 Å². The molecule has 0 fully saturated rings. The lowest BCUT2D eigenvalue weighted by molar-refractivity contribution is -0.118. The highest BCUT2D eigenvalue weighted by molar-refractivity contribution is 5.79. The molecule has 0 aromatic carbocycles. The first-order chi connectivity index (χ1) is 6.62. The van der Waals surface area contributed by atoms with Gasteiger partial charge in [0.05, 0.1) is 0 Å². The predicted molar refractivity (Wildman–Crippen MR) is 61.0 cm³/mol. The molecule has 14 heavy (non-hydrogen) atoms. The summed E-state index contributed by atoms with van der Waals surface area (Å²) in [6.07, 6.45) is 9.42. The lowest BCUT2D eigenvalue weighted by atomic mass is 10.4. The largest absolute Gasteiger partial charge is 0.326 e.